The minimum absolute atomic E-state index is 0.0177. The Labute approximate surface area is 149 Å². The van der Waals surface area contributed by atoms with E-state index in [1.54, 1.807) is 0 Å². The van der Waals surface area contributed by atoms with Crippen molar-refractivity contribution in [2.75, 3.05) is 19.8 Å². The zero-order chi connectivity index (χ0) is 19.4. The molecular weight excluding hydrogens is 356 g/mol. The normalized spacial score (nSPS) is 46.9. The quantitative estimate of drug-likeness (QED) is 0.212. The second-order valence-electron chi connectivity index (χ2n) is 6.12. The molecule has 11 heteroatoms. The molecule has 2 aliphatic rings. The molecule has 0 amide bonds. The van der Waals surface area contributed by atoms with Crippen molar-refractivity contribution in [3.63, 3.8) is 0 Å². The average Bonchev–Trinajstić information content (AvgIpc) is 2.63. The molecule has 0 aromatic carbocycles. The van der Waals surface area contributed by atoms with Crippen LogP contribution in [0.2, 0.25) is 0 Å². The Bertz CT molecular complexity index is 447. The third kappa shape index (κ3) is 4.40. The number of hydrogen-bond donors (Lipinski definition) is 7. The molecule has 0 spiro atoms. The van der Waals surface area contributed by atoms with Gasteiger partial charge in [0.1, 0.15) is 48.8 Å². The lowest BCUT2D eigenvalue weighted by Crippen LogP contribution is -2.65. The van der Waals surface area contributed by atoms with E-state index in [1.807, 2.05) is 0 Å². The van der Waals surface area contributed by atoms with Gasteiger partial charge in [0.15, 0.2) is 12.6 Å². The van der Waals surface area contributed by atoms with Crippen LogP contribution < -0.4 is 0 Å². The molecule has 7 N–H and O–H groups in total. The van der Waals surface area contributed by atoms with E-state index in [0.29, 0.717) is 0 Å². The van der Waals surface area contributed by atoms with Crippen molar-refractivity contribution < 1.29 is 54.7 Å². The summed E-state index contributed by atoms with van der Waals surface area (Å²) in [5.74, 6) is 0. The number of ether oxygens (including phenoxy) is 4. The average molecular weight is 382 g/mol. The maximum Gasteiger partial charge on any atom is 0.187 e. The number of aliphatic hydroxyl groups excluding tert-OH is 7. The van der Waals surface area contributed by atoms with Gasteiger partial charge in [0.2, 0.25) is 0 Å². The van der Waals surface area contributed by atoms with Crippen LogP contribution in [0.25, 0.3) is 0 Å². The first kappa shape index (κ1) is 21.6. The molecule has 0 bridgehead atoms. The van der Waals surface area contributed by atoms with Gasteiger partial charge in [0, 0.05) is 0 Å². The van der Waals surface area contributed by atoms with Crippen LogP contribution in [-0.2, 0) is 18.9 Å². The maximum atomic E-state index is 10.3. The lowest BCUT2D eigenvalue weighted by Gasteiger charge is -2.46. The van der Waals surface area contributed by atoms with E-state index in [1.165, 1.54) is 6.08 Å². The molecule has 0 saturated carbocycles. The molecule has 152 valence electrons. The van der Waals surface area contributed by atoms with E-state index in [4.69, 9.17) is 18.9 Å². The summed E-state index contributed by atoms with van der Waals surface area (Å²) in [4.78, 5) is 0. The Morgan fingerprint density at radius 1 is 0.808 bits per heavy atom. The topological polar surface area (TPSA) is 179 Å². The summed E-state index contributed by atoms with van der Waals surface area (Å²) in [7, 11) is 0. The molecule has 2 saturated heterocycles. The van der Waals surface area contributed by atoms with Crippen LogP contribution in [0.15, 0.2) is 12.7 Å². The lowest BCUT2D eigenvalue weighted by molar-refractivity contribution is -0.359. The Kier molecular flexibility index (Phi) is 7.88. The summed E-state index contributed by atoms with van der Waals surface area (Å²) in [5.41, 5.74) is 0. The smallest absolute Gasteiger partial charge is 0.187 e. The van der Waals surface area contributed by atoms with E-state index in [2.05, 4.69) is 6.58 Å². The minimum Gasteiger partial charge on any atom is -0.394 e. The van der Waals surface area contributed by atoms with Crippen LogP contribution in [0.3, 0.4) is 0 Å². The van der Waals surface area contributed by atoms with Crippen molar-refractivity contribution >= 4 is 0 Å². The van der Waals surface area contributed by atoms with E-state index in [0.717, 1.165) is 0 Å². The van der Waals surface area contributed by atoms with Crippen molar-refractivity contribution in [2.45, 2.75) is 61.4 Å². The molecule has 2 aliphatic heterocycles. The molecule has 0 aliphatic carbocycles. The predicted octanol–water partition coefficient (Wildman–Crippen LogP) is -4.19. The summed E-state index contributed by atoms with van der Waals surface area (Å²) in [6.45, 7) is 2.17. The van der Waals surface area contributed by atoms with Gasteiger partial charge in [-0.05, 0) is 0 Å². The highest BCUT2D eigenvalue weighted by atomic mass is 16.7. The van der Waals surface area contributed by atoms with E-state index in [-0.39, 0.29) is 6.61 Å². The number of rotatable bonds is 7. The first-order valence-corrected chi connectivity index (χ1v) is 8.16. The summed E-state index contributed by atoms with van der Waals surface area (Å²) in [5, 5.41) is 68.6. The fourth-order valence-electron chi connectivity index (χ4n) is 2.91. The van der Waals surface area contributed by atoms with Crippen LogP contribution in [0.4, 0.5) is 0 Å². The van der Waals surface area contributed by atoms with Crippen molar-refractivity contribution in [1.82, 2.24) is 0 Å². The molecule has 26 heavy (non-hydrogen) atoms. The summed E-state index contributed by atoms with van der Waals surface area (Å²) >= 11 is 0. The lowest BCUT2D eigenvalue weighted by atomic mass is 9.97. The monoisotopic (exact) mass is 382 g/mol. The van der Waals surface area contributed by atoms with Crippen molar-refractivity contribution in [1.29, 1.82) is 0 Å². The second kappa shape index (κ2) is 9.48. The van der Waals surface area contributed by atoms with Gasteiger partial charge in [0.25, 0.3) is 0 Å². The third-order valence-electron chi connectivity index (χ3n) is 4.36. The van der Waals surface area contributed by atoms with Gasteiger partial charge in [0.05, 0.1) is 19.8 Å². The van der Waals surface area contributed by atoms with Crippen LogP contribution in [-0.4, -0.2) is 117 Å². The fourth-order valence-corrected chi connectivity index (χ4v) is 2.91. The Balaban J connectivity index is 2.18. The van der Waals surface area contributed by atoms with Gasteiger partial charge in [-0.2, -0.15) is 0 Å². The zero-order valence-corrected chi connectivity index (χ0v) is 13.9. The summed E-state index contributed by atoms with van der Waals surface area (Å²) in [6.07, 6.45) is -13.1. The molecule has 2 rings (SSSR count). The van der Waals surface area contributed by atoms with E-state index in [9.17, 15) is 35.7 Å². The second-order valence-corrected chi connectivity index (χ2v) is 6.12. The van der Waals surface area contributed by atoms with Crippen LogP contribution in [0, 0.1) is 0 Å². The third-order valence-corrected chi connectivity index (χ3v) is 4.36. The minimum atomic E-state index is -1.70. The highest BCUT2D eigenvalue weighted by Crippen LogP contribution is 2.29. The molecular formula is C15H26O11. The van der Waals surface area contributed by atoms with E-state index < -0.39 is 74.6 Å². The van der Waals surface area contributed by atoms with Gasteiger partial charge in [-0.25, -0.2) is 0 Å². The van der Waals surface area contributed by atoms with Crippen molar-refractivity contribution in [2.24, 2.45) is 0 Å². The van der Waals surface area contributed by atoms with Crippen LogP contribution >= 0.6 is 0 Å². The Hall–Kier alpha value is -0.700. The molecule has 2 heterocycles. The first-order valence-electron chi connectivity index (χ1n) is 8.16. The largest absolute Gasteiger partial charge is 0.394 e. The molecule has 11 nitrogen and oxygen atoms in total. The molecule has 0 aromatic rings. The standard InChI is InChI=1S/C15H26O11/c1-2-3-23-13-12(9(19)7(5-17)24-14(13)22)26-15-11(21)10(20)8(18)6(4-16)25-15/h2,6-22H,1,3-5H2/t6-,7-,8+,9+,10+,11-,12+,13-,14+,15-/m1/s1. The van der Waals surface area contributed by atoms with Crippen molar-refractivity contribution in [3.8, 4) is 0 Å². The molecule has 2 fully saturated rings. The maximum absolute atomic E-state index is 10.3. The SMILES string of the molecule is C=CCO[C@@H]1[C@@H](O[C@H]2O[C@H](CO)[C@H](O)[C@H](O)[C@H]2O)[C@@H](O)[C@@H](CO)O[C@@H]1O. The van der Waals surface area contributed by atoms with Crippen molar-refractivity contribution in [3.05, 3.63) is 12.7 Å². The fraction of sp³-hybridized carbons (Fsp3) is 0.867. The number of aliphatic hydroxyl groups is 7. The van der Waals surface area contributed by atoms with Gasteiger partial charge < -0.3 is 54.7 Å². The first-order chi connectivity index (χ1) is 12.3. The van der Waals surface area contributed by atoms with Gasteiger partial charge in [-0.3, -0.25) is 0 Å². The van der Waals surface area contributed by atoms with Crippen LogP contribution in [0.1, 0.15) is 0 Å². The van der Waals surface area contributed by atoms with Crippen LogP contribution in [0.5, 0.6) is 0 Å². The summed E-state index contributed by atoms with van der Waals surface area (Å²) in [6, 6.07) is 0. The zero-order valence-electron chi connectivity index (χ0n) is 13.9. The van der Waals surface area contributed by atoms with E-state index >= 15 is 0 Å². The molecule has 0 aromatic heterocycles. The highest BCUT2D eigenvalue weighted by molar-refractivity contribution is 4.94. The number of hydrogen-bond acceptors (Lipinski definition) is 11. The predicted molar refractivity (Wildman–Crippen MR) is 82.5 cm³/mol. The Morgan fingerprint density at radius 3 is 2.00 bits per heavy atom. The highest BCUT2D eigenvalue weighted by Gasteiger charge is 2.51. The van der Waals surface area contributed by atoms with Gasteiger partial charge in [-0.1, -0.05) is 6.08 Å². The summed E-state index contributed by atoms with van der Waals surface area (Å²) < 4.78 is 21.1. The van der Waals surface area contributed by atoms with Gasteiger partial charge >= 0.3 is 0 Å². The van der Waals surface area contributed by atoms with Gasteiger partial charge in [-0.15, -0.1) is 6.58 Å². The molecule has 0 unspecified atom stereocenters. The Morgan fingerprint density at radius 2 is 1.42 bits per heavy atom. The molecule has 10 atom stereocenters. The molecule has 0 radical (unpaired) electrons.